The van der Waals surface area contributed by atoms with Crippen molar-refractivity contribution in [2.24, 2.45) is 4.99 Å². The third kappa shape index (κ3) is 7.30. The molecule has 1 amide bonds. The summed E-state index contributed by atoms with van der Waals surface area (Å²) in [7, 11) is 0. The fraction of sp³-hybridized carbons (Fsp3) is 0.391. The number of phenols is 1. The molecule has 1 fully saturated rings. The van der Waals surface area contributed by atoms with E-state index in [0.717, 1.165) is 38.7 Å². The minimum atomic E-state index is -0.165. The summed E-state index contributed by atoms with van der Waals surface area (Å²) in [5.41, 5.74) is 3.07. The Morgan fingerprint density at radius 1 is 1.06 bits per heavy atom. The number of amides is 1. The summed E-state index contributed by atoms with van der Waals surface area (Å²) in [5.74, 6) is 0.871. The molecule has 7 nitrogen and oxygen atoms in total. The first-order valence-corrected chi connectivity index (χ1v) is 10.5. The number of halogens is 1. The van der Waals surface area contributed by atoms with E-state index in [1.807, 2.05) is 0 Å². The first-order valence-electron chi connectivity index (χ1n) is 10.5. The minimum absolute atomic E-state index is 0. The van der Waals surface area contributed by atoms with Crippen LogP contribution in [0.1, 0.15) is 22.8 Å². The molecule has 2 aromatic carbocycles. The fourth-order valence-electron chi connectivity index (χ4n) is 3.47. The lowest BCUT2D eigenvalue weighted by molar-refractivity contribution is 0.0954. The van der Waals surface area contributed by atoms with E-state index in [2.05, 4.69) is 63.5 Å². The second kappa shape index (κ2) is 12.4. The molecule has 0 saturated carbocycles. The Labute approximate surface area is 201 Å². The maximum atomic E-state index is 12.2. The lowest BCUT2D eigenvalue weighted by atomic mass is 10.2. The number of aryl methyl sites for hydroxylation is 1. The lowest BCUT2D eigenvalue weighted by Crippen LogP contribution is -2.52. The molecule has 1 saturated heterocycles. The molecule has 0 radical (unpaired) electrons. The Kier molecular flexibility index (Phi) is 9.90. The molecule has 1 aliphatic rings. The number of carbonyl (C=O) groups excluding carboxylic acids is 1. The zero-order chi connectivity index (χ0) is 21.3. The number of phenolic OH excluding ortho intramolecular Hbond substituents is 1. The summed E-state index contributed by atoms with van der Waals surface area (Å²) in [4.78, 5) is 21.5. The zero-order valence-electron chi connectivity index (χ0n) is 18.2. The molecule has 3 rings (SSSR count). The highest BCUT2D eigenvalue weighted by Gasteiger charge is 2.19. The highest BCUT2D eigenvalue weighted by atomic mass is 127. The standard InChI is InChI=1S/C23H31N5O2.HI/c1-3-24-23(26-12-11-25-22(30)19-7-9-21(29)10-8-19)28-15-13-27(14-16-28)20-6-4-5-18(2)17-20;/h4-10,17,29H,3,11-16H2,1-2H3,(H,24,26)(H,25,30);1H. The van der Waals surface area contributed by atoms with Gasteiger partial charge >= 0.3 is 0 Å². The van der Waals surface area contributed by atoms with Gasteiger partial charge in [-0.25, -0.2) is 0 Å². The Morgan fingerprint density at radius 2 is 1.77 bits per heavy atom. The van der Waals surface area contributed by atoms with Crippen molar-refractivity contribution in [2.75, 3.05) is 50.7 Å². The minimum Gasteiger partial charge on any atom is -0.508 e. The van der Waals surface area contributed by atoms with Gasteiger partial charge in [0.1, 0.15) is 5.75 Å². The first-order chi connectivity index (χ1) is 14.6. The van der Waals surface area contributed by atoms with Crippen molar-refractivity contribution in [2.45, 2.75) is 13.8 Å². The van der Waals surface area contributed by atoms with E-state index in [1.54, 1.807) is 12.1 Å². The van der Waals surface area contributed by atoms with Gasteiger partial charge in [0.2, 0.25) is 0 Å². The van der Waals surface area contributed by atoms with Crippen LogP contribution in [0.5, 0.6) is 5.75 Å². The van der Waals surface area contributed by atoms with Crippen LogP contribution in [-0.2, 0) is 0 Å². The topological polar surface area (TPSA) is 80.2 Å². The number of nitrogens with zero attached hydrogens (tertiary/aromatic N) is 3. The highest BCUT2D eigenvalue weighted by Crippen LogP contribution is 2.17. The van der Waals surface area contributed by atoms with E-state index in [1.165, 1.54) is 23.4 Å². The number of benzene rings is 2. The van der Waals surface area contributed by atoms with E-state index in [4.69, 9.17) is 0 Å². The molecule has 0 spiro atoms. The predicted molar refractivity (Wildman–Crippen MR) is 137 cm³/mol. The summed E-state index contributed by atoms with van der Waals surface area (Å²) in [6, 6.07) is 14.8. The average molecular weight is 537 g/mol. The third-order valence-corrected chi connectivity index (χ3v) is 5.07. The van der Waals surface area contributed by atoms with Crippen LogP contribution in [0.4, 0.5) is 5.69 Å². The number of aliphatic imine (C=N–C) groups is 1. The van der Waals surface area contributed by atoms with Crippen molar-refractivity contribution in [3.05, 3.63) is 59.7 Å². The van der Waals surface area contributed by atoms with Gasteiger partial charge in [-0.05, 0) is 55.8 Å². The summed E-state index contributed by atoms with van der Waals surface area (Å²) < 4.78 is 0. The van der Waals surface area contributed by atoms with Crippen molar-refractivity contribution in [1.29, 1.82) is 0 Å². The smallest absolute Gasteiger partial charge is 0.251 e. The number of anilines is 1. The molecule has 1 aliphatic heterocycles. The van der Waals surface area contributed by atoms with Crippen LogP contribution < -0.4 is 15.5 Å². The van der Waals surface area contributed by atoms with Gasteiger partial charge in [-0.3, -0.25) is 9.79 Å². The molecule has 31 heavy (non-hydrogen) atoms. The average Bonchev–Trinajstić information content (AvgIpc) is 2.76. The van der Waals surface area contributed by atoms with Gasteiger partial charge in [-0.1, -0.05) is 12.1 Å². The van der Waals surface area contributed by atoms with Crippen LogP contribution in [-0.4, -0.2) is 67.7 Å². The molecule has 0 bridgehead atoms. The molecule has 3 N–H and O–H groups in total. The largest absolute Gasteiger partial charge is 0.508 e. The van der Waals surface area contributed by atoms with E-state index >= 15 is 0 Å². The predicted octanol–water partition coefficient (Wildman–Crippen LogP) is 2.84. The maximum absolute atomic E-state index is 12.2. The van der Waals surface area contributed by atoms with Crippen molar-refractivity contribution < 1.29 is 9.90 Å². The van der Waals surface area contributed by atoms with Gasteiger partial charge in [0.15, 0.2) is 5.96 Å². The Hall–Kier alpha value is -2.49. The van der Waals surface area contributed by atoms with Crippen LogP contribution in [0.25, 0.3) is 0 Å². The summed E-state index contributed by atoms with van der Waals surface area (Å²) >= 11 is 0. The van der Waals surface area contributed by atoms with Crippen molar-refractivity contribution in [1.82, 2.24) is 15.5 Å². The van der Waals surface area contributed by atoms with Crippen LogP contribution in [0.3, 0.4) is 0 Å². The van der Waals surface area contributed by atoms with E-state index in [9.17, 15) is 9.90 Å². The second-order valence-electron chi connectivity index (χ2n) is 7.35. The zero-order valence-corrected chi connectivity index (χ0v) is 20.5. The second-order valence-corrected chi connectivity index (χ2v) is 7.35. The molecule has 0 aromatic heterocycles. The SMILES string of the molecule is CCNC(=NCCNC(=O)c1ccc(O)cc1)N1CCN(c2cccc(C)c2)CC1.I. The number of hydrogen-bond donors (Lipinski definition) is 3. The monoisotopic (exact) mass is 537 g/mol. The van der Waals surface area contributed by atoms with Crippen molar-refractivity contribution in [3.8, 4) is 5.75 Å². The number of guanidine groups is 1. The summed E-state index contributed by atoms with van der Waals surface area (Å²) in [6.45, 7) is 9.65. The molecule has 2 aromatic rings. The van der Waals surface area contributed by atoms with Crippen LogP contribution >= 0.6 is 24.0 Å². The van der Waals surface area contributed by atoms with Gasteiger partial charge in [-0.2, -0.15) is 0 Å². The maximum Gasteiger partial charge on any atom is 0.251 e. The van der Waals surface area contributed by atoms with E-state index in [-0.39, 0.29) is 35.6 Å². The third-order valence-electron chi connectivity index (χ3n) is 5.07. The highest BCUT2D eigenvalue weighted by molar-refractivity contribution is 14.0. The van der Waals surface area contributed by atoms with E-state index < -0.39 is 0 Å². The number of carbonyl (C=O) groups is 1. The number of piperazine rings is 1. The van der Waals surface area contributed by atoms with Crippen LogP contribution in [0, 0.1) is 6.92 Å². The molecule has 0 unspecified atom stereocenters. The number of nitrogens with one attached hydrogen (secondary N) is 2. The fourth-order valence-corrected chi connectivity index (χ4v) is 3.47. The van der Waals surface area contributed by atoms with Gasteiger partial charge < -0.3 is 25.5 Å². The van der Waals surface area contributed by atoms with Gasteiger partial charge in [0, 0.05) is 50.5 Å². The molecular weight excluding hydrogens is 505 g/mol. The number of aromatic hydroxyl groups is 1. The summed E-state index contributed by atoms with van der Waals surface area (Å²) in [6.07, 6.45) is 0. The number of hydrogen-bond acceptors (Lipinski definition) is 4. The first kappa shape index (κ1) is 24.8. The van der Waals surface area contributed by atoms with Gasteiger partial charge in [0.25, 0.3) is 5.91 Å². The van der Waals surface area contributed by atoms with E-state index in [0.29, 0.717) is 18.7 Å². The Bertz CT molecular complexity index is 865. The normalized spacial score (nSPS) is 14.1. The van der Waals surface area contributed by atoms with Gasteiger partial charge in [0.05, 0.1) is 6.54 Å². The molecule has 8 heteroatoms. The molecule has 1 heterocycles. The quantitative estimate of drug-likeness (QED) is 0.229. The molecule has 0 aliphatic carbocycles. The van der Waals surface area contributed by atoms with Crippen LogP contribution in [0.2, 0.25) is 0 Å². The van der Waals surface area contributed by atoms with Gasteiger partial charge in [-0.15, -0.1) is 24.0 Å². The number of rotatable bonds is 6. The molecule has 0 atom stereocenters. The van der Waals surface area contributed by atoms with Crippen molar-refractivity contribution in [3.63, 3.8) is 0 Å². The molecular formula is C23H32IN5O2. The Balaban J connectivity index is 0.00000341. The molecule has 168 valence electrons. The Morgan fingerprint density at radius 3 is 2.42 bits per heavy atom. The van der Waals surface area contributed by atoms with Crippen molar-refractivity contribution >= 4 is 41.5 Å². The lowest BCUT2D eigenvalue weighted by Gasteiger charge is -2.37. The van der Waals surface area contributed by atoms with Crippen LogP contribution in [0.15, 0.2) is 53.5 Å². The summed E-state index contributed by atoms with van der Waals surface area (Å²) in [5, 5.41) is 15.5.